The van der Waals surface area contributed by atoms with Crippen LogP contribution in [-0.4, -0.2) is 33.8 Å². The van der Waals surface area contributed by atoms with Gasteiger partial charge in [-0.05, 0) is 19.8 Å². The fraction of sp³-hybridized carbons (Fsp3) is 1.00. The van der Waals surface area contributed by atoms with E-state index in [1.807, 2.05) is 13.8 Å². The minimum Gasteiger partial charge on any atom is -1.00 e. The molecule has 0 saturated carbocycles. The minimum absolute atomic E-state index is 0. The average molecular weight is 157 g/mol. The van der Waals surface area contributed by atoms with E-state index >= 15 is 0 Å². The Labute approximate surface area is 83.3 Å². The zero-order chi connectivity index (χ0) is 7.33. The second-order valence-electron chi connectivity index (χ2n) is 2.95. The van der Waals surface area contributed by atoms with E-state index in [4.69, 9.17) is 0 Å². The van der Waals surface area contributed by atoms with Gasteiger partial charge in [0.15, 0.2) is 0 Å². The van der Waals surface area contributed by atoms with Crippen LogP contribution in [0.5, 0.6) is 0 Å². The maximum atomic E-state index is 9.45. The van der Waals surface area contributed by atoms with Gasteiger partial charge in [-0.15, -0.1) is 0 Å². The van der Waals surface area contributed by atoms with Crippen LogP contribution in [0.2, 0.25) is 0 Å². The van der Waals surface area contributed by atoms with E-state index in [9.17, 15) is 5.11 Å². The van der Waals surface area contributed by atoms with E-state index in [-0.39, 0.29) is 25.9 Å². The molecule has 0 radical (unpaired) electrons. The van der Waals surface area contributed by atoms with E-state index in [0.717, 1.165) is 19.3 Å². The Balaban J connectivity index is -0.000000107. The zero-order valence-corrected chi connectivity index (χ0v) is 8.90. The monoisotopic (exact) mass is 156 g/mol. The van der Waals surface area contributed by atoms with Crippen LogP contribution in [0.3, 0.4) is 0 Å². The molecule has 0 bridgehead atoms. The number of aliphatic hydroxyl groups is 1. The van der Waals surface area contributed by atoms with Gasteiger partial charge in [0.1, 0.15) is 0 Å². The summed E-state index contributed by atoms with van der Waals surface area (Å²) in [6, 6.07) is 0. The van der Waals surface area contributed by atoms with Gasteiger partial charge in [-0.25, -0.2) is 0 Å². The fourth-order valence-electron chi connectivity index (χ4n) is 0.734. The topological polar surface area (TPSA) is 20.2 Å². The molecule has 0 aliphatic carbocycles. The SMILES string of the molecule is CCCCC(C)(O)CC.[H-].[H-].[Mg+2]. The zero-order valence-electron chi connectivity index (χ0n) is 9.48. The second kappa shape index (κ2) is 6.44. The van der Waals surface area contributed by atoms with Crippen molar-refractivity contribution in [2.24, 2.45) is 0 Å². The van der Waals surface area contributed by atoms with Crippen LogP contribution >= 0.6 is 0 Å². The van der Waals surface area contributed by atoms with Crippen LogP contribution in [0, 0.1) is 0 Å². The van der Waals surface area contributed by atoms with Crippen LogP contribution in [0.1, 0.15) is 49.3 Å². The fourth-order valence-corrected chi connectivity index (χ4v) is 0.734. The van der Waals surface area contributed by atoms with E-state index in [0.29, 0.717) is 0 Å². The molecule has 1 nitrogen and oxygen atoms in total. The standard InChI is InChI=1S/C8H18O.Mg.2H/c1-4-6-7-8(3,9)5-2;;;/h9H,4-7H2,1-3H3;;;/q;+2;2*-1. The molecular formula is C8H20MgO. The Hall–Kier alpha value is 0.726. The van der Waals surface area contributed by atoms with Gasteiger partial charge in [0.05, 0.1) is 5.60 Å². The van der Waals surface area contributed by atoms with Gasteiger partial charge >= 0.3 is 23.1 Å². The molecule has 0 saturated heterocycles. The van der Waals surface area contributed by atoms with Crippen LogP contribution in [0.25, 0.3) is 0 Å². The summed E-state index contributed by atoms with van der Waals surface area (Å²) >= 11 is 0. The molecule has 1 unspecified atom stereocenters. The van der Waals surface area contributed by atoms with Gasteiger partial charge in [-0.1, -0.05) is 26.7 Å². The number of rotatable bonds is 4. The van der Waals surface area contributed by atoms with Crippen molar-refractivity contribution in [2.45, 2.75) is 52.1 Å². The van der Waals surface area contributed by atoms with Crippen molar-refractivity contribution < 1.29 is 7.96 Å². The van der Waals surface area contributed by atoms with Crippen molar-refractivity contribution in [1.29, 1.82) is 0 Å². The Morgan fingerprint density at radius 2 is 1.90 bits per heavy atom. The van der Waals surface area contributed by atoms with Crippen molar-refractivity contribution in [3.63, 3.8) is 0 Å². The maximum Gasteiger partial charge on any atom is 2.00 e. The molecule has 0 aromatic carbocycles. The summed E-state index contributed by atoms with van der Waals surface area (Å²) in [4.78, 5) is 0. The van der Waals surface area contributed by atoms with E-state index in [1.54, 1.807) is 0 Å². The van der Waals surface area contributed by atoms with Crippen molar-refractivity contribution in [2.75, 3.05) is 0 Å². The van der Waals surface area contributed by atoms with Crippen LogP contribution < -0.4 is 0 Å². The summed E-state index contributed by atoms with van der Waals surface area (Å²) in [5, 5.41) is 9.45. The molecule has 60 valence electrons. The van der Waals surface area contributed by atoms with E-state index in [1.165, 1.54) is 6.42 Å². The third kappa shape index (κ3) is 6.84. The minimum atomic E-state index is -0.407. The molecule has 2 heteroatoms. The van der Waals surface area contributed by atoms with Gasteiger partial charge in [0, 0.05) is 0 Å². The molecule has 0 aliphatic heterocycles. The van der Waals surface area contributed by atoms with Crippen LogP contribution in [0.15, 0.2) is 0 Å². The molecule has 0 heterocycles. The summed E-state index contributed by atoms with van der Waals surface area (Å²) < 4.78 is 0. The predicted molar refractivity (Wildman–Crippen MR) is 48.4 cm³/mol. The smallest absolute Gasteiger partial charge is 1.00 e. The van der Waals surface area contributed by atoms with E-state index < -0.39 is 5.60 Å². The summed E-state index contributed by atoms with van der Waals surface area (Å²) in [7, 11) is 0. The largest absolute Gasteiger partial charge is 2.00 e. The Morgan fingerprint density at radius 1 is 1.40 bits per heavy atom. The molecule has 1 atom stereocenters. The van der Waals surface area contributed by atoms with Crippen molar-refractivity contribution in [3.05, 3.63) is 0 Å². The number of hydrogen-bond acceptors (Lipinski definition) is 1. The Morgan fingerprint density at radius 3 is 2.20 bits per heavy atom. The second-order valence-corrected chi connectivity index (χ2v) is 2.95. The Bertz CT molecular complexity index is 79.5. The first-order chi connectivity index (χ1) is 4.12. The molecule has 10 heavy (non-hydrogen) atoms. The van der Waals surface area contributed by atoms with Gasteiger partial charge in [0.25, 0.3) is 0 Å². The van der Waals surface area contributed by atoms with E-state index in [2.05, 4.69) is 6.92 Å². The van der Waals surface area contributed by atoms with Gasteiger partial charge in [0.2, 0.25) is 0 Å². The first-order valence-corrected chi connectivity index (χ1v) is 3.84. The number of unbranched alkanes of at least 4 members (excludes halogenated alkanes) is 1. The summed E-state index contributed by atoms with van der Waals surface area (Å²) in [5.74, 6) is 0. The van der Waals surface area contributed by atoms with Gasteiger partial charge < -0.3 is 7.96 Å². The van der Waals surface area contributed by atoms with Crippen LogP contribution in [0.4, 0.5) is 0 Å². The van der Waals surface area contributed by atoms with Crippen molar-refractivity contribution in [3.8, 4) is 0 Å². The summed E-state index contributed by atoms with van der Waals surface area (Å²) in [5.41, 5.74) is -0.407. The quantitative estimate of drug-likeness (QED) is 0.619. The van der Waals surface area contributed by atoms with Crippen molar-refractivity contribution >= 4 is 23.1 Å². The summed E-state index contributed by atoms with van der Waals surface area (Å²) in [6.45, 7) is 6.07. The number of hydrogen-bond donors (Lipinski definition) is 1. The normalized spacial score (nSPS) is 15.6. The first-order valence-electron chi connectivity index (χ1n) is 3.84. The molecule has 0 aromatic heterocycles. The van der Waals surface area contributed by atoms with Gasteiger partial charge in [-0.3, -0.25) is 0 Å². The van der Waals surface area contributed by atoms with Crippen LogP contribution in [-0.2, 0) is 0 Å². The third-order valence-corrected chi connectivity index (χ3v) is 1.83. The van der Waals surface area contributed by atoms with Crippen molar-refractivity contribution in [1.82, 2.24) is 0 Å². The Kier molecular flexibility index (Phi) is 8.58. The third-order valence-electron chi connectivity index (χ3n) is 1.83. The average Bonchev–Trinajstić information content (AvgIpc) is 1.84. The molecule has 0 aromatic rings. The predicted octanol–water partition coefficient (Wildman–Crippen LogP) is 2.18. The maximum absolute atomic E-state index is 9.45. The molecule has 0 aliphatic rings. The molecule has 0 spiro atoms. The first kappa shape index (κ1) is 13.3. The molecule has 1 N–H and O–H groups in total. The summed E-state index contributed by atoms with van der Waals surface area (Å²) in [6.07, 6.45) is 4.13. The van der Waals surface area contributed by atoms with Gasteiger partial charge in [-0.2, -0.15) is 0 Å². The molecule has 0 rings (SSSR count). The molecule has 0 amide bonds. The molecule has 0 fully saturated rings. The molecular weight excluding hydrogens is 136 g/mol.